The molecule has 1 unspecified atom stereocenters. The van der Waals surface area contributed by atoms with Gasteiger partial charge in [0.2, 0.25) is 5.89 Å². The fraction of sp³-hybridized carbons (Fsp3) is 0.769. The Bertz CT molecular complexity index is 425. The van der Waals surface area contributed by atoms with Crippen LogP contribution < -0.4 is 10.6 Å². The van der Waals surface area contributed by atoms with E-state index in [9.17, 15) is 9.90 Å². The molecule has 0 aromatic carbocycles. The maximum Gasteiger partial charge on any atom is 0.315 e. The highest BCUT2D eigenvalue weighted by Gasteiger charge is 2.19. The maximum absolute atomic E-state index is 11.7. The molecular formula is C13H24N4O3. The molecular weight excluding hydrogens is 260 g/mol. The molecule has 1 aromatic heterocycles. The van der Waals surface area contributed by atoms with Crippen LogP contribution in [0.2, 0.25) is 0 Å². The number of rotatable bonds is 6. The number of urea groups is 1. The van der Waals surface area contributed by atoms with Crippen molar-refractivity contribution in [1.82, 2.24) is 20.8 Å². The van der Waals surface area contributed by atoms with Gasteiger partial charge in [-0.25, -0.2) is 4.79 Å². The van der Waals surface area contributed by atoms with E-state index in [0.717, 1.165) is 0 Å². The fourth-order valence-corrected chi connectivity index (χ4v) is 1.86. The van der Waals surface area contributed by atoms with Gasteiger partial charge < -0.3 is 20.3 Å². The third-order valence-corrected chi connectivity index (χ3v) is 2.61. The Morgan fingerprint density at radius 1 is 1.45 bits per heavy atom. The van der Waals surface area contributed by atoms with Crippen LogP contribution in [0.15, 0.2) is 4.52 Å². The summed E-state index contributed by atoms with van der Waals surface area (Å²) in [5.74, 6) is 1.08. The highest BCUT2D eigenvalue weighted by Crippen LogP contribution is 2.20. The zero-order chi connectivity index (χ0) is 15.2. The molecule has 0 saturated heterocycles. The molecule has 0 aliphatic carbocycles. The molecule has 0 radical (unpaired) electrons. The van der Waals surface area contributed by atoms with E-state index in [1.807, 2.05) is 0 Å². The number of aromatic nitrogens is 2. The Morgan fingerprint density at radius 2 is 2.15 bits per heavy atom. The minimum atomic E-state index is -0.301. The number of hydrogen-bond acceptors (Lipinski definition) is 5. The topological polar surface area (TPSA) is 100 Å². The van der Waals surface area contributed by atoms with Crippen molar-refractivity contribution in [3.63, 3.8) is 0 Å². The molecule has 1 aromatic rings. The van der Waals surface area contributed by atoms with Crippen molar-refractivity contribution in [3.8, 4) is 0 Å². The number of amides is 2. The Kier molecular flexibility index (Phi) is 5.94. The number of carbonyl (C=O) groups is 1. The maximum atomic E-state index is 11.7. The standard InChI is InChI=1S/C13H24N4O3/c1-9-15-11(20-17-9)5-6-14-12(19)16-10(8-18)7-13(2,3)4/h10,18H,5-8H2,1-4H3,(H2,14,16,19). The second-order valence-electron chi connectivity index (χ2n) is 6.03. The molecule has 0 bridgehead atoms. The highest BCUT2D eigenvalue weighted by molar-refractivity contribution is 5.74. The van der Waals surface area contributed by atoms with E-state index in [2.05, 4.69) is 41.5 Å². The lowest BCUT2D eigenvalue weighted by atomic mass is 9.88. The third-order valence-electron chi connectivity index (χ3n) is 2.61. The van der Waals surface area contributed by atoms with Crippen LogP contribution in [0.4, 0.5) is 4.79 Å². The summed E-state index contributed by atoms with van der Waals surface area (Å²) in [7, 11) is 0. The van der Waals surface area contributed by atoms with Gasteiger partial charge in [0.1, 0.15) is 0 Å². The van der Waals surface area contributed by atoms with Gasteiger partial charge in [-0.3, -0.25) is 0 Å². The minimum absolute atomic E-state index is 0.0436. The molecule has 0 aliphatic rings. The van der Waals surface area contributed by atoms with Gasteiger partial charge in [0.15, 0.2) is 5.82 Å². The van der Waals surface area contributed by atoms with Gasteiger partial charge in [0.05, 0.1) is 12.6 Å². The van der Waals surface area contributed by atoms with Crippen molar-refractivity contribution in [1.29, 1.82) is 0 Å². The summed E-state index contributed by atoms with van der Waals surface area (Å²) in [6.07, 6.45) is 1.19. The minimum Gasteiger partial charge on any atom is -0.394 e. The van der Waals surface area contributed by atoms with Gasteiger partial charge in [-0.2, -0.15) is 4.98 Å². The average Bonchev–Trinajstić information content (AvgIpc) is 2.72. The summed E-state index contributed by atoms with van der Waals surface area (Å²) in [4.78, 5) is 15.7. The van der Waals surface area contributed by atoms with Gasteiger partial charge in [0, 0.05) is 13.0 Å². The molecule has 20 heavy (non-hydrogen) atoms. The summed E-state index contributed by atoms with van der Waals surface area (Å²) in [5.41, 5.74) is 0.0436. The Labute approximate surface area is 119 Å². The Morgan fingerprint density at radius 3 is 2.65 bits per heavy atom. The molecule has 7 nitrogen and oxygen atoms in total. The van der Waals surface area contributed by atoms with Gasteiger partial charge in [0.25, 0.3) is 0 Å². The Balaban J connectivity index is 2.28. The van der Waals surface area contributed by atoms with Crippen molar-refractivity contribution in [2.24, 2.45) is 5.41 Å². The van der Waals surface area contributed by atoms with Gasteiger partial charge >= 0.3 is 6.03 Å². The van der Waals surface area contributed by atoms with Crippen LogP contribution in [-0.2, 0) is 6.42 Å². The van der Waals surface area contributed by atoms with E-state index in [4.69, 9.17) is 4.52 Å². The second kappa shape index (κ2) is 7.23. The van der Waals surface area contributed by atoms with E-state index < -0.39 is 0 Å². The van der Waals surface area contributed by atoms with E-state index in [1.165, 1.54) is 0 Å². The predicted molar refractivity (Wildman–Crippen MR) is 74.2 cm³/mol. The summed E-state index contributed by atoms with van der Waals surface area (Å²) < 4.78 is 4.94. The first-order valence-corrected chi connectivity index (χ1v) is 6.74. The molecule has 2 amide bonds. The number of aryl methyl sites for hydroxylation is 1. The van der Waals surface area contributed by atoms with Gasteiger partial charge in [-0.1, -0.05) is 25.9 Å². The zero-order valence-corrected chi connectivity index (χ0v) is 12.6. The molecule has 114 valence electrons. The predicted octanol–water partition coefficient (Wildman–Crippen LogP) is 1.02. The van der Waals surface area contributed by atoms with Gasteiger partial charge in [-0.15, -0.1) is 0 Å². The first kappa shape index (κ1) is 16.4. The van der Waals surface area contributed by atoms with Crippen LogP contribution in [-0.4, -0.2) is 40.5 Å². The molecule has 0 fully saturated rings. The molecule has 0 saturated carbocycles. The van der Waals surface area contributed by atoms with E-state index >= 15 is 0 Å². The average molecular weight is 284 g/mol. The van der Waals surface area contributed by atoms with Crippen LogP contribution in [0.3, 0.4) is 0 Å². The zero-order valence-electron chi connectivity index (χ0n) is 12.6. The number of nitrogens with one attached hydrogen (secondary N) is 2. The third kappa shape index (κ3) is 6.51. The SMILES string of the molecule is Cc1noc(CCNC(=O)NC(CO)CC(C)(C)C)n1. The lowest BCUT2D eigenvalue weighted by Gasteiger charge is -2.25. The monoisotopic (exact) mass is 284 g/mol. The number of carbonyl (C=O) groups excluding carboxylic acids is 1. The van der Waals surface area contributed by atoms with Crippen molar-refractivity contribution >= 4 is 6.03 Å². The van der Waals surface area contributed by atoms with Crippen molar-refractivity contribution in [3.05, 3.63) is 11.7 Å². The van der Waals surface area contributed by atoms with Crippen LogP contribution in [0.1, 0.15) is 38.9 Å². The van der Waals surface area contributed by atoms with E-state index in [-0.39, 0.29) is 24.1 Å². The van der Waals surface area contributed by atoms with Crippen molar-refractivity contribution in [2.45, 2.75) is 46.6 Å². The van der Waals surface area contributed by atoms with E-state index in [1.54, 1.807) is 6.92 Å². The second-order valence-corrected chi connectivity index (χ2v) is 6.03. The molecule has 1 heterocycles. The summed E-state index contributed by atoms with van der Waals surface area (Å²) in [6, 6.07) is -0.551. The normalized spacial score (nSPS) is 13.1. The molecule has 3 N–H and O–H groups in total. The number of aliphatic hydroxyl groups excluding tert-OH is 1. The fourth-order valence-electron chi connectivity index (χ4n) is 1.86. The highest BCUT2D eigenvalue weighted by atomic mass is 16.5. The number of aliphatic hydroxyl groups is 1. The first-order chi connectivity index (χ1) is 9.30. The lowest BCUT2D eigenvalue weighted by Crippen LogP contribution is -2.45. The summed E-state index contributed by atoms with van der Waals surface area (Å²) in [6.45, 7) is 8.26. The Hall–Kier alpha value is -1.63. The largest absolute Gasteiger partial charge is 0.394 e. The quantitative estimate of drug-likeness (QED) is 0.724. The van der Waals surface area contributed by atoms with Crippen molar-refractivity contribution in [2.75, 3.05) is 13.2 Å². The number of nitrogens with zero attached hydrogens (tertiary/aromatic N) is 2. The van der Waals surface area contributed by atoms with Crippen LogP contribution in [0, 0.1) is 12.3 Å². The lowest BCUT2D eigenvalue weighted by molar-refractivity contribution is 0.191. The number of hydrogen-bond donors (Lipinski definition) is 3. The smallest absolute Gasteiger partial charge is 0.315 e. The first-order valence-electron chi connectivity index (χ1n) is 6.74. The van der Waals surface area contributed by atoms with Crippen molar-refractivity contribution < 1.29 is 14.4 Å². The molecule has 0 aliphatic heterocycles. The molecule has 0 spiro atoms. The van der Waals surface area contributed by atoms with Gasteiger partial charge in [-0.05, 0) is 18.8 Å². The molecule has 1 atom stereocenters. The van der Waals surface area contributed by atoms with E-state index in [0.29, 0.717) is 31.1 Å². The van der Waals surface area contributed by atoms with Crippen LogP contribution >= 0.6 is 0 Å². The van der Waals surface area contributed by atoms with Crippen LogP contribution in [0.5, 0.6) is 0 Å². The van der Waals surface area contributed by atoms with Crippen LogP contribution in [0.25, 0.3) is 0 Å². The summed E-state index contributed by atoms with van der Waals surface area (Å²) in [5, 5.41) is 18.4. The molecule has 7 heteroatoms. The summed E-state index contributed by atoms with van der Waals surface area (Å²) >= 11 is 0. The molecule has 1 rings (SSSR count).